The molecule has 8 nitrogen and oxygen atoms in total. The zero-order chi connectivity index (χ0) is 20.4. The fourth-order valence-corrected chi connectivity index (χ4v) is 2.83. The lowest BCUT2D eigenvalue weighted by Gasteiger charge is -2.08. The second-order valence-corrected chi connectivity index (χ2v) is 6.40. The van der Waals surface area contributed by atoms with Crippen LogP contribution >= 0.6 is 0 Å². The zero-order valence-electron chi connectivity index (χ0n) is 15.4. The van der Waals surface area contributed by atoms with Gasteiger partial charge in [0, 0.05) is 23.9 Å². The third kappa shape index (κ3) is 3.77. The summed E-state index contributed by atoms with van der Waals surface area (Å²) >= 11 is 0. The van der Waals surface area contributed by atoms with E-state index in [9.17, 15) is 14.9 Å². The van der Waals surface area contributed by atoms with E-state index in [0.717, 1.165) is 5.56 Å². The second-order valence-electron chi connectivity index (χ2n) is 6.40. The van der Waals surface area contributed by atoms with Crippen LogP contribution in [0.5, 0.6) is 0 Å². The molecule has 0 atom stereocenters. The van der Waals surface area contributed by atoms with Crippen molar-refractivity contribution in [1.82, 2.24) is 9.78 Å². The molecule has 0 bridgehead atoms. The molecular weight excluding hydrogens is 372 g/mol. The Morgan fingerprint density at radius 2 is 1.83 bits per heavy atom. The minimum atomic E-state index is -0.480. The predicted molar refractivity (Wildman–Crippen MR) is 107 cm³/mol. The summed E-state index contributed by atoms with van der Waals surface area (Å²) < 4.78 is 6.82. The van der Waals surface area contributed by atoms with E-state index in [-0.39, 0.29) is 17.3 Å². The fraction of sp³-hybridized carbons (Fsp3) is 0.0476. The van der Waals surface area contributed by atoms with Crippen LogP contribution in [0.3, 0.4) is 0 Å². The standard InChI is InChI=1S/C21H16N4O4/c1-14-4-6-15(7-5-14)22-21(26)19-13-18(20-3-2-12-29-20)23-24(19)16-8-10-17(11-9-16)25(27)28/h2-13H,1H3,(H,22,26). The van der Waals surface area contributed by atoms with Gasteiger partial charge in [0.25, 0.3) is 11.6 Å². The van der Waals surface area contributed by atoms with Crippen LogP contribution in [0, 0.1) is 17.0 Å². The van der Waals surface area contributed by atoms with E-state index >= 15 is 0 Å². The largest absolute Gasteiger partial charge is 0.463 e. The number of benzene rings is 2. The highest BCUT2D eigenvalue weighted by atomic mass is 16.6. The second kappa shape index (κ2) is 7.43. The van der Waals surface area contributed by atoms with Gasteiger partial charge in [-0.05, 0) is 43.3 Å². The SMILES string of the molecule is Cc1ccc(NC(=O)c2cc(-c3ccco3)nn2-c2ccc([N+](=O)[O-])cc2)cc1. The average Bonchev–Trinajstić information content (AvgIpc) is 3.39. The van der Waals surface area contributed by atoms with Crippen LogP contribution in [0.1, 0.15) is 16.1 Å². The monoisotopic (exact) mass is 388 g/mol. The quantitative estimate of drug-likeness (QED) is 0.397. The Bertz CT molecular complexity index is 1160. The number of nitro groups is 1. The van der Waals surface area contributed by atoms with Crippen molar-refractivity contribution < 1.29 is 14.1 Å². The highest BCUT2D eigenvalue weighted by molar-refractivity contribution is 6.04. The van der Waals surface area contributed by atoms with Crippen molar-refractivity contribution in [3.05, 3.63) is 94.4 Å². The van der Waals surface area contributed by atoms with Crippen LogP contribution in [0.2, 0.25) is 0 Å². The molecule has 0 spiro atoms. The Kier molecular flexibility index (Phi) is 4.66. The molecule has 29 heavy (non-hydrogen) atoms. The van der Waals surface area contributed by atoms with Gasteiger partial charge in [-0.2, -0.15) is 5.10 Å². The molecule has 144 valence electrons. The van der Waals surface area contributed by atoms with Gasteiger partial charge in [0.1, 0.15) is 11.4 Å². The molecule has 0 radical (unpaired) electrons. The molecule has 0 fully saturated rings. The van der Waals surface area contributed by atoms with Gasteiger partial charge >= 0.3 is 0 Å². The maximum Gasteiger partial charge on any atom is 0.274 e. The number of anilines is 1. The van der Waals surface area contributed by atoms with E-state index < -0.39 is 4.92 Å². The summed E-state index contributed by atoms with van der Waals surface area (Å²) in [7, 11) is 0. The molecule has 1 N–H and O–H groups in total. The minimum Gasteiger partial charge on any atom is -0.463 e. The number of aryl methyl sites for hydroxylation is 1. The number of nitrogens with zero attached hydrogens (tertiary/aromatic N) is 3. The van der Waals surface area contributed by atoms with Crippen molar-refractivity contribution in [1.29, 1.82) is 0 Å². The summed E-state index contributed by atoms with van der Waals surface area (Å²) in [4.78, 5) is 23.4. The molecule has 8 heteroatoms. The zero-order valence-corrected chi connectivity index (χ0v) is 15.4. The van der Waals surface area contributed by atoms with Crippen molar-refractivity contribution in [2.45, 2.75) is 6.92 Å². The third-order valence-corrected chi connectivity index (χ3v) is 4.33. The summed E-state index contributed by atoms with van der Waals surface area (Å²) in [6.45, 7) is 1.96. The molecule has 0 unspecified atom stereocenters. The Morgan fingerprint density at radius 3 is 2.45 bits per heavy atom. The van der Waals surface area contributed by atoms with Gasteiger partial charge in [-0.25, -0.2) is 4.68 Å². The van der Waals surface area contributed by atoms with Gasteiger partial charge < -0.3 is 9.73 Å². The van der Waals surface area contributed by atoms with E-state index in [0.29, 0.717) is 22.8 Å². The number of hydrogen-bond acceptors (Lipinski definition) is 5. The first-order chi connectivity index (χ1) is 14.0. The molecule has 0 aliphatic rings. The smallest absolute Gasteiger partial charge is 0.274 e. The number of carbonyl (C=O) groups excluding carboxylic acids is 1. The number of amides is 1. The maximum atomic E-state index is 12.9. The van der Waals surface area contributed by atoms with Gasteiger partial charge in [-0.15, -0.1) is 0 Å². The lowest BCUT2D eigenvalue weighted by Crippen LogP contribution is -2.17. The first-order valence-electron chi connectivity index (χ1n) is 8.78. The summed E-state index contributed by atoms with van der Waals surface area (Å²) in [6.07, 6.45) is 1.52. The molecule has 0 aliphatic carbocycles. The van der Waals surface area contributed by atoms with E-state index in [1.807, 2.05) is 31.2 Å². The topological polar surface area (TPSA) is 103 Å². The molecule has 4 aromatic rings. The van der Waals surface area contributed by atoms with Gasteiger partial charge in [0.2, 0.25) is 0 Å². The lowest BCUT2D eigenvalue weighted by atomic mass is 10.2. The van der Waals surface area contributed by atoms with E-state index in [2.05, 4.69) is 10.4 Å². The Hall–Kier alpha value is -4.20. The van der Waals surface area contributed by atoms with Crippen LogP contribution in [0.4, 0.5) is 11.4 Å². The Labute approximate surface area is 165 Å². The van der Waals surface area contributed by atoms with E-state index in [4.69, 9.17) is 4.42 Å². The molecule has 2 aromatic heterocycles. The molecule has 0 saturated heterocycles. The predicted octanol–water partition coefficient (Wildman–Crippen LogP) is 4.60. The van der Waals surface area contributed by atoms with Crippen molar-refractivity contribution in [2.75, 3.05) is 5.32 Å². The van der Waals surface area contributed by atoms with Crippen molar-refractivity contribution >= 4 is 17.3 Å². The lowest BCUT2D eigenvalue weighted by molar-refractivity contribution is -0.384. The highest BCUT2D eigenvalue weighted by Gasteiger charge is 2.19. The van der Waals surface area contributed by atoms with E-state index in [1.165, 1.54) is 23.1 Å². The number of aromatic nitrogens is 2. The van der Waals surface area contributed by atoms with Gasteiger partial charge in [0.15, 0.2) is 5.76 Å². The third-order valence-electron chi connectivity index (χ3n) is 4.33. The number of furan rings is 1. The minimum absolute atomic E-state index is 0.0437. The molecule has 0 saturated carbocycles. The fourth-order valence-electron chi connectivity index (χ4n) is 2.83. The number of carbonyl (C=O) groups is 1. The first kappa shape index (κ1) is 18.2. The van der Waals surface area contributed by atoms with E-state index in [1.54, 1.807) is 30.3 Å². The molecule has 2 aromatic carbocycles. The molecule has 0 aliphatic heterocycles. The summed E-state index contributed by atoms with van der Waals surface area (Å²) in [5.41, 5.74) is 2.95. The molecule has 4 rings (SSSR count). The number of nitro benzene ring substituents is 1. The Balaban J connectivity index is 1.73. The van der Waals surface area contributed by atoms with Crippen LogP contribution in [0.25, 0.3) is 17.1 Å². The van der Waals surface area contributed by atoms with Gasteiger partial charge in [-0.3, -0.25) is 14.9 Å². The highest BCUT2D eigenvalue weighted by Crippen LogP contribution is 2.24. The summed E-state index contributed by atoms with van der Waals surface area (Å²) in [5, 5.41) is 18.2. The van der Waals surface area contributed by atoms with Crippen molar-refractivity contribution in [2.24, 2.45) is 0 Å². The van der Waals surface area contributed by atoms with Crippen molar-refractivity contribution in [3.63, 3.8) is 0 Å². The molecular formula is C21H16N4O4. The summed E-state index contributed by atoms with van der Waals surface area (Å²) in [6, 6.07) is 18.3. The summed E-state index contributed by atoms with van der Waals surface area (Å²) in [5.74, 6) is 0.146. The van der Waals surface area contributed by atoms with Crippen molar-refractivity contribution in [3.8, 4) is 17.1 Å². The number of hydrogen-bond donors (Lipinski definition) is 1. The number of nitrogens with one attached hydrogen (secondary N) is 1. The number of rotatable bonds is 5. The Morgan fingerprint density at radius 1 is 1.10 bits per heavy atom. The molecule has 1 amide bonds. The normalized spacial score (nSPS) is 10.7. The van der Waals surface area contributed by atoms with Crippen LogP contribution in [0.15, 0.2) is 77.4 Å². The van der Waals surface area contributed by atoms with Gasteiger partial charge in [0.05, 0.1) is 16.9 Å². The molecule has 2 heterocycles. The first-order valence-corrected chi connectivity index (χ1v) is 8.78. The van der Waals surface area contributed by atoms with Gasteiger partial charge in [-0.1, -0.05) is 17.7 Å². The van der Waals surface area contributed by atoms with Crippen LogP contribution in [-0.2, 0) is 0 Å². The number of non-ortho nitro benzene ring substituents is 1. The average molecular weight is 388 g/mol. The van der Waals surface area contributed by atoms with Crippen LogP contribution < -0.4 is 5.32 Å². The maximum absolute atomic E-state index is 12.9. The van der Waals surface area contributed by atoms with Crippen LogP contribution in [-0.4, -0.2) is 20.6 Å².